The van der Waals surface area contributed by atoms with E-state index in [1.807, 2.05) is 0 Å². The summed E-state index contributed by atoms with van der Waals surface area (Å²) in [6.45, 7) is 2.15. The van der Waals surface area contributed by atoms with Gasteiger partial charge in [0.05, 0.1) is 26.2 Å². The number of methoxy groups -OCH3 is 3. The zero-order valence-electron chi connectivity index (χ0n) is 18.4. The third-order valence-electron chi connectivity index (χ3n) is 5.01. The second-order valence-electron chi connectivity index (χ2n) is 6.95. The van der Waals surface area contributed by atoms with Crippen molar-refractivity contribution in [2.75, 3.05) is 34.5 Å². The van der Waals surface area contributed by atoms with E-state index in [0.29, 0.717) is 34.5 Å². The van der Waals surface area contributed by atoms with Crippen molar-refractivity contribution in [3.63, 3.8) is 0 Å². The van der Waals surface area contributed by atoms with E-state index in [1.54, 1.807) is 19.1 Å². The van der Waals surface area contributed by atoms with Crippen LogP contribution in [0.25, 0.3) is 11.1 Å². The Hall–Kier alpha value is -3.07. The molecule has 0 spiro atoms. The number of hydrogen-bond acceptors (Lipinski definition) is 5. The fourth-order valence-electron chi connectivity index (χ4n) is 3.34. The van der Waals surface area contributed by atoms with Gasteiger partial charge in [0, 0.05) is 25.8 Å². The maximum atomic E-state index is 13.0. The second kappa shape index (κ2) is 11.0. The summed E-state index contributed by atoms with van der Waals surface area (Å²) >= 11 is 0. The summed E-state index contributed by atoms with van der Waals surface area (Å²) in [7, 11) is 4.12. The van der Waals surface area contributed by atoms with Gasteiger partial charge in [0.25, 0.3) is 0 Å². The molecule has 0 bridgehead atoms. The van der Waals surface area contributed by atoms with Crippen LogP contribution in [0.4, 0.5) is 13.2 Å². The van der Waals surface area contributed by atoms with Gasteiger partial charge in [-0.25, -0.2) is 0 Å². The first-order chi connectivity index (χ1) is 15.2. The highest BCUT2D eigenvalue weighted by atomic mass is 19.4. The van der Waals surface area contributed by atoms with Crippen molar-refractivity contribution in [1.82, 2.24) is 4.90 Å². The largest absolute Gasteiger partial charge is 0.496 e. The zero-order valence-corrected chi connectivity index (χ0v) is 18.4. The molecule has 0 N–H and O–H groups in total. The zero-order chi connectivity index (χ0) is 23.9. The molecule has 0 saturated carbocycles. The first kappa shape index (κ1) is 25.2. The van der Waals surface area contributed by atoms with Crippen molar-refractivity contribution in [1.29, 1.82) is 0 Å². The van der Waals surface area contributed by atoms with E-state index in [1.165, 1.54) is 38.4 Å². The summed E-state index contributed by atoms with van der Waals surface area (Å²) in [6, 6.07) is 7.99. The summed E-state index contributed by atoms with van der Waals surface area (Å²) in [5.74, 6) is -0.343. The van der Waals surface area contributed by atoms with E-state index >= 15 is 0 Å². The maximum absolute atomic E-state index is 13.0. The van der Waals surface area contributed by atoms with Crippen LogP contribution in [0.15, 0.2) is 36.4 Å². The molecule has 0 heterocycles. The minimum Gasteiger partial charge on any atom is -0.496 e. The van der Waals surface area contributed by atoms with Crippen LogP contribution in [-0.4, -0.2) is 51.3 Å². The Morgan fingerprint density at radius 3 is 2.16 bits per heavy atom. The van der Waals surface area contributed by atoms with Crippen LogP contribution < -0.4 is 4.74 Å². The molecule has 2 rings (SSSR count). The highest BCUT2D eigenvalue weighted by Gasteiger charge is 2.30. The van der Waals surface area contributed by atoms with E-state index in [2.05, 4.69) is 0 Å². The molecular weight excluding hydrogens is 427 g/mol. The average molecular weight is 453 g/mol. The number of nitrogens with zero attached hydrogens (tertiary/aromatic N) is 1. The van der Waals surface area contributed by atoms with Gasteiger partial charge in [0.15, 0.2) is 0 Å². The molecule has 0 saturated heterocycles. The highest BCUT2D eigenvalue weighted by molar-refractivity contribution is 5.81. The number of amides is 1. The number of benzene rings is 2. The smallest absolute Gasteiger partial charge is 0.416 e. The standard InChI is InChI=1S/C23H26F3NO5/c1-5-27(20(28)14-30-2)13-18-16(12-21(29)32-4)8-11-19(31-3)22(18)15-6-9-17(10-7-15)23(24,25)26/h6-11H,5,12-14H2,1-4H3. The minimum absolute atomic E-state index is 0.0700. The molecule has 174 valence electrons. The number of carbonyl (C=O) groups is 2. The monoisotopic (exact) mass is 453 g/mol. The van der Waals surface area contributed by atoms with Crippen LogP contribution in [0.3, 0.4) is 0 Å². The van der Waals surface area contributed by atoms with Gasteiger partial charge in [0.1, 0.15) is 12.4 Å². The van der Waals surface area contributed by atoms with Crippen LogP contribution in [0.1, 0.15) is 23.6 Å². The Kier molecular flexibility index (Phi) is 8.65. The number of alkyl halides is 3. The van der Waals surface area contributed by atoms with E-state index in [0.717, 1.165) is 12.1 Å². The summed E-state index contributed by atoms with van der Waals surface area (Å²) in [5, 5.41) is 0. The number of ether oxygens (including phenoxy) is 3. The van der Waals surface area contributed by atoms with Crippen LogP contribution in [0.5, 0.6) is 5.75 Å². The molecule has 2 aromatic rings. The van der Waals surface area contributed by atoms with Crippen LogP contribution in [0, 0.1) is 0 Å². The van der Waals surface area contributed by atoms with Gasteiger partial charge in [0.2, 0.25) is 5.91 Å². The summed E-state index contributed by atoms with van der Waals surface area (Å²) in [5.41, 5.74) is 1.35. The average Bonchev–Trinajstić information content (AvgIpc) is 2.77. The number of likely N-dealkylation sites (N-methyl/N-ethyl adjacent to an activating group) is 1. The number of carbonyl (C=O) groups excluding carboxylic acids is 2. The molecule has 2 aromatic carbocycles. The molecule has 0 fully saturated rings. The van der Waals surface area contributed by atoms with Crippen molar-refractivity contribution >= 4 is 11.9 Å². The number of hydrogen-bond donors (Lipinski definition) is 0. The molecule has 6 nitrogen and oxygen atoms in total. The Morgan fingerprint density at radius 2 is 1.66 bits per heavy atom. The first-order valence-electron chi connectivity index (χ1n) is 9.86. The minimum atomic E-state index is -4.47. The highest BCUT2D eigenvalue weighted by Crippen LogP contribution is 2.38. The predicted molar refractivity (Wildman–Crippen MR) is 112 cm³/mol. The van der Waals surface area contributed by atoms with Crippen molar-refractivity contribution < 1.29 is 37.0 Å². The molecule has 0 aliphatic carbocycles. The van der Waals surface area contributed by atoms with Crippen molar-refractivity contribution in [3.05, 3.63) is 53.1 Å². The van der Waals surface area contributed by atoms with E-state index < -0.39 is 17.7 Å². The lowest BCUT2D eigenvalue weighted by Crippen LogP contribution is -2.33. The Labute approximate surface area is 184 Å². The fourth-order valence-corrected chi connectivity index (χ4v) is 3.34. The molecule has 0 aromatic heterocycles. The second-order valence-corrected chi connectivity index (χ2v) is 6.95. The van der Waals surface area contributed by atoms with Gasteiger partial charge < -0.3 is 19.1 Å². The lowest BCUT2D eigenvalue weighted by molar-refractivity contribution is -0.140. The predicted octanol–water partition coefficient (Wildman–Crippen LogP) is 4.09. The maximum Gasteiger partial charge on any atom is 0.416 e. The van der Waals surface area contributed by atoms with Gasteiger partial charge in [-0.15, -0.1) is 0 Å². The number of rotatable bonds is 9. The van der Waals surface area contributed by atoms with Crippen molar-refractivity contribution in [3.8, 4) is 16.9 Å². The Morgan fingerprint density at radius 1 is 1.00 bits per heavy atom. The summed E-state index contributed by atoms with van der Waals surface area (Å²) in [4.78, 5) is 26.0. The van der Waals surface area contributed by atoms with E-state index in [9.17, 15) is 22.8 Å². The van der Waals surface area contributed by atoms with E-state index in [4.69, 9.17) is 14.2 Å². The number of esters is 1. The third-order valence-corrected chi connectivity index (χ3v) is 5.01. The Balaban J connectivity index is 2.67. The van der Waals surface area contributed by atoms with Crippen molar-refractivity contribution in [2.45, 2.75) is 26.1 Å². The van der Waals surface area contributed by atoms with Gasteiger partial charge in [-0.05, 0) is 41.8 Å². The molecular formula is C23H26F3NO5. The normalized spacial score (nSPS) is 11.2. The van der Waals surface area contributed by atoms with Crippen LogP contribution in [-0.2, 0) is 38.2 Å². The summed E-state index contributed by atoms with van der Waals surface area (Å²) in [6.07, 6.45) is -4.54. The molecule has 9 heteroatoms. The Bertz CT molecular complexity index is 942. The lowest BCUT2D eigenvalue weighted by Gasteiger charge is -2.25. The van der Waals surface area contributed by atoms with Gasteiger partial charge in [-0.3, -0.25) is 9.59 Å². The van der Waals surface area contributed by atoms with Crippen molar-refractivity contribution in [2.24, 2.45) is 0 Å². The SMILES string of the molecule is CCN(Cc1c(CC(=O)OC)ccc(OC)c1-c1ccc(C(F)(F)F)cc1)C(=O)COC. The quantitative estimate of drug-likeness (QED) is 0.535. The topological polar surface area (TPSA) is 65.1 Å². The molecule has 0 radical (unpaired) electrons. The number of halogens is 3. The molecule has 0 atom stereocenters. The molecule has 32 heavy (non-hydrogen) atoms. The molecule has 0 unspecified atom stereocenters. The fraction of sp³-hybridized carbons (Fsp3) is 0.391. The van der Waals surface area contributed by atoms with Gasteiger partial charge in [-0.2, -0.15) is 13.2 Å². The lowest BCUT2D eigenvalue weighted by atomic mass is 9.91. The summed E-state index contributed by atoms with van der Waals surface area (Å²) < 4.78 is 54.3. The van der Waals surface area contributed by atoms with Gasteiger partial charge in [-0.1, -0.05) is 18.2 Å². The van der Waals surface area contributed by atoms with E-state index in [-0.39, 0.29) is 25.5 Å². The molecule has 0 aliphatic rings. The molecule has 0 aliphatic heterocycles. The molecule has 1 amide bonds. The van der Waals surface area contributed by atoms with Gasteiger partial charge >= 0.3 is 12.1 Å². The third kappa shape index (κ3) is 6.00. The van der Waals surface area contributed by atoms with Crippen LogP contribution >= 0.6 is 0 Å². The van der Waals surface area contributed by atoms with Crippen LogP contribution in [0.2, 0.25) is 0 Å². The first-order valence-corrected chi connectivity index (χ1v) is 9.86.